The Hall–Kier alpha value is -5.16. The number of fused-ring (bicyclic) bond motifs is 2. The van der Waals surface area contributed by atoms with Gasteiger partial charge in [-0.3, -0.25) is 0 Å². The molecule has 5 rings (SSSR count). The summed E-state index contributed by atoms with van der Waals surface area (Å²) in [6.07, 6.45) is -1.25. The summed E-state index contributed by atoms with van der Waals surface area (Å²) < 4.78 is 25.8. The minimum Gasteiger partial charge on any atom is -0.489 e. The normalized spacial score (nSPS) is 15.2. The minimum absolute atomic E-state index is 0.159. The van der Waals surface area contributed by atoms with Crippen molar-refractivity contribution in [3.8, 4) is 23.0 Å². The molecule has 4 aromatic rings. The number of para-hydroxylation sites is 5. The molecule has 0 aromatic heterocycles. The lowest BCUT2D eigenvalue weighted by Crippen LogP contribution is -2.45. The molecular weight excluding hydrogens is 516 g/mol. The van der Waals surface area contributed by atoms with Gasteiger partial charge in [-0.05, 0) is 42.8 Å². The molecule has 0 radical (unpaired) electrons. The molecule has 0 spiro atoms. The average molecular weight is 547 g/mol. The number of benzene rings is 4. The zero-order chi connectivity index (χ0) is 28.3. The number of hydrogen-bond acceptors (Lipinski definition) is 8. The van der Waals surface area contributed by atoms with Crippen LogP contribution in [0.25, 0.3) is 0 Å². The monoisotopic (exact) mass is 546 g/mol. The van der Waals surface area contributed by atoms with E-state index in [1.54, 1.807) is 12.1 Å². The maximum atomic E-state index is 7.37. The number of aliphatic imine (C=N–C) groups is 3. The SMILES string of the molecule is Cc1ccccc1OCC(Oc1ccccc1N=C=N)C1COc2ccccc2CN=C=NCc2ccccc2O1. The number of rotatable bonds is 7. The molecule has 0 saturated heterocycles. The van der Waals surface area contributed by atoms with E-state index in [2.05, 4.69) is 27.0 Å². The molecule has 8 nitrogen and oxygen atoms in total. The smallest absolute Gasteiger partial charge is 0.173 e. The van der Waals surface area contributed by atoms with E-state index in [0.717, 1.165) is 22.4 Å². The molecule has 206 valence electrons. The zero-order valence-electron chi connectivity index (χ0n) is 22.7. The first-order valence-electron chi connectivity index (χ1n) is 13.3. The van der Waals surface area contributed by atoms with Crippen molar-refractivity contribution >= 4 is 17.7 Å². The first-order chi connectivity index (χ1) is 20.2. The molecule has 1 aliphatic heterocycles. The van der Waals surface area contributed by atoms with E-state index in [0.29, 0.717) is 36.0 Å². The van der Waals surface area contributed by atoms with Gasteiger partial charge >= 0.3 is 0 Å². The van der Waals surface area contributed by atoms with Crippen LogP contribution in [0.1, 0.15) is 16.7 Å². The predicted octanol–water partition coefficient (Wildman–Crippen LogP) is 6.92. The summed E-state index contributed by atoms with van der Waals surface area (Å²) in [5.74, 6) is 2.56. The van der Waals surface area contributed by atoms with Crippen LogP contribution in [0.4, 0.5) is 5.69 Å². The fourth-order valence-electron chi connectivity index (χ4n) is 4.35. The highest BCUT2D eigenvalue weighted by atomic mass is 16.6. The lowest BCUT2D eigenvalue weighted by atomic mass is 10.1. The van der Waals surface area contributed by atoms with Crippen molar-refractivity contribution in [3.63, 3.8) is 0 Å². The van der Waals surface area contributed by atoms with Crippen LogP contribution in [-0.4, -0.2) is 37.4 Å². The highest BCUT2D eigenvalue weighted by Gasteiger charge is 2.30. The Labute approximate surface area is 239 Å². The molecule has 1 N–H and O–H groups in total. The fourth-order valence-corrected chi connectivity index (χ4v) is 4.35. The fraction of sp³-hybridized carbons (Fsp3) is 0.212. The summed E-state index contributed by atoms with van der Waals surface area (Å²) in [5, 5.41) is 7.37. The average Bonchev–Trinajstić information content (AvgIpc) is 3.01. The van der Waals surface area contributed by atoms with Gasteiger partial charge in [0.25, 0.3) is 0 Å². The Kier molecular flexibility index (Phi) is 9.20. The van der Waals surface area contributed by atoms with E-state index in [1.807, 2.05) is 91.9 Å². The van der Waals surface area contributed by atoms with Crippen LogP contribution >= 0.6 is 0 Å². The van der Waals surface area contributed by atoms with Crippen LogP contribution in [0.15, 0.2) is 112 Å². The third-order valence-electron chi connectivity index (χ3n) is 6.50. The van der Waals surface area contributed by atoms with Gasteiger partial charge in [-0.15, -0.1) is 0 Å². The van der Waals surface area contributed by atoms with E-state index >= 15 is 0 Å². The number of nitrogens with zero attached hydrogens (tertiary/aromatic N) is 3. The molecule has 8 heteroatoms. The zero-order valence-corrected chi connectivity index (χ0v) is 22.7. The van der Waals surface area contributed by atoms with E-state index in [4.69, 9.17) is 24.4 Å². The highest BCUT2D eigenvalue weighted by Crippen LogP contribution is 2.30. The summed E-state index contributed by atoms with van der Waals surface area (Å²) in [6.45, 7) is 3.06. The number of ether oxygens (including phenoxy) is 4. The minimum atomic E-state index is -0.637. The molecule has 0 aliphatic carbocycles. The van der Waals surface area contributed by atoms with Gasteiger partial charge in [0.2, 0.25) is 0 Å². The lowest BCUT2D eigenvalue weighted by molar-refractivity contribution is -0.00125. The Bertz CT molecular complexity index is 1590. The topological polar surface area (TPSA) is 97.9 Å². The molecule has 0 amide bonds. The molecule has 0 fully saturated rings. The Morgan fingerprint density at radius 1 is 0.878 bits per heavy atom. The van der Waals surface area contributed by atoms with Crippen molar-refractivity contribution in [1.82, 2.24) is 0 Å². The third-order valence-corrected chi connectivity index (χ3v) is 6.50. The van der Waals surface area contributed by atoms with Gasteiger partial charge < -0.3 is 18.9 Å². The molecule has 2 atom stereocenters. The van der Waals surface area contributed by atoms with Crippen molar-refractivity contribution in [2.24, 2.45) is 15.0 Å². The summed E-state index contributed by atoms with van der Waals surface area (Å²) in [6, 6.07) is 35.4. The number of aryl methyl sites for hydroxylation is 1. The van der Waals surface area contributed by atoms with Gasteiger partial charge in [-0.25, -0.2) is 15.4 Å². The van der Waals surface area contributed by atoms with Gasteiger partial charge in [0, 0.05) is 11.1 Å². The maximum Gasteiger partial charge on any atom is 0.173 e. The molecule has 41 heavy (non-hydrogen) atoms. The second-order valence-corrected chi connectivity index (χ2v) is 9.34. The largest absolute Gasteiger partial charge is 0.489 e. The van der Waals surface area contributed by atoms with Crippen LogP contribution in [-0.2, 0) is 13.1 Å². The Morgan fingerprint density at radius 3 is 2.27 bits per heavy atom. The maximum absolute atomic E-state index is 7.37. The molecule has 0 saturated carbocycles. The first-order valence-corrected chi connectivity index (χ1v) is 13.3. The molecular formula is C33H30N4O4. The summed E-state index contributed by atoms with van der Waals surface area (Å²) in [7, 11) is 0. The Balaban J connectivity index is 1.53. The third kappa shape index (κ3) is 7.28. The predicted molar refractivity (Wildman–Crippen MR) is 157 cm³/mol. The van der Waals surface area contributed by atoms with Crippen molar-refractivity contribution in [2.45, 2.75) is 32.2 Å². The quantitative estimate of drug-likeness (QED) is 0.254. The van der Waals surface area contributed by atoms with Crippen LogP contribution < -0.4 is 18.9 Å². The number of hydrogen-bond donors (Lipinski definition) is 1. The first kappa shape index (κ1) is 27.4. The van der Waals surface area contributed by atoms with Crippen molar-refractivity contribution in [3.05, 3.63) is 114 Å². The lowest BCUT2D eigenvalue weighted by Gasteiger charge is -2.30. The van der Waals surface area contributed by atoms with Crippen LogP contribution in [0.5, 0.6) is 23.0 Å². The van der Waals surface area contributed by atoms with Crippen molar-refractivity contribution in [1.29, 1.82) is 5.41 Å². The highest BCUT2D eigenvalue weighted by molar-refractivity contribution is 5.58. The molecule has 0 bridgehead atoms. The van der Waals surface area contributed by atoms with Gasteiger partial charge in [0.1, 0.15) is 41.9 Å². The van der Waals surface area contributed by atoms with Crippen LogP contribution in [0.2, 0.25) is 0 Å². The van der Waals surface area contributed by atoms with Crippen LogP contribution in [0, 0.1) is 12.3 Å². The second kappa shape index (κ2) is 13.8. The molecule has 1 aliphatic rings. The summed E-state index contributed by atoms with van der Waals surface area (Å²) >= 11 is 0. The standard InChI is InChI=1S/C33H30N4O4/c1-24-10-2-6-14-28(24)38-20-33(41-31-17-9-5-13-27(31)37-22-34)32-21-39-29-15-7-3-11-25(29)18-35-23-36-19-26-12-4-8-16-30(26)40-32/h2-17,32-34H,18-21H2,1H3. The van der Waals surface area contributed by atoms with Crippen molar-refractivity contribution < 1.29 is 18.9 Å². The second-order valence-electron chi connectivity index (χ2n) is 9.34. The summed E-state index contributed by atoms with van der Waals surface area (Å²) in [4.78, 5) is 12.8. The van der Waals surface area contributed by atoms with E-state index in [9.17, 15) is 0 Å². The van der Waals surface area contributed by atoms with E-state index in [1.165, 1.54) is 0 Å². The van der Waals surface area contributed by atoms with Crippen molar-refractivity contribution in [2.75, 3.05) is 13.2 Å². The molecule has 2 unspecified atom stereocenters. The molecule has 4 aromatic carbocycles. The van der Waals surface area contributed by atoms with Gasteiger partial charge in [0.15, 0.2) is 12.2 Å². The van der Waals surface area contributed by atoms with Crippen LogP contribution in [0.3, 0.4) is 0 Å². The van der Waals surface area contributed by atoms with Gasteiger partial charge in [-0.1, -0.05) is 66.7 Å². The van der Waals surface area contributed by atoms with E-state index < -0.39 is 12.2 Å². The van der Waals surface area contributed by atoms with E-state index in [-0.39, 0.29) is 13.2 Å². The summed E-state index contributed by atoms with van der Waals surface area (Å²) in [5.41, 5.74) is 3.27. The van der Waals surface area contributed by atoms with Gasteiger partial charge in [0.05, 0.1) is 25.1 Å². The molecule has 1 heterocycles. The Morgan fingerprint density at radius 2 is 1.51 bits per heavy atom. The van der Waals surface area contributed by atoms with Gasteiger partial charge in [-0.2, -0.15) is 4.99 Å². The number of nitrogens with one attached hydrogen (secondary N) is 1.